The molecule has 0 aromatic heterocycles. The van der Waals surface area contributed by atoms with Crippen molar-refractivity contribution in [2.45, 2.75) is 32.7 Å². The van der Waals surface area contributed by atoms with Crippen LogP contribution in [0, 0.1) is 11.3 Å². The van der Waals surface area contributed by atoms with Crippen molar-refractivity contribution in [1.82, 2.24) is 10.2 Å². The first kappa shape index (κ1) is 10.0. The molecule has 4 heteroatoms. The Hall–Kier alpha value is -1.06. The minimum absolute atomic E-state index is 0.0487. The molecule has 74 valence electrons. The topological polar surface area (TPSA) is 56.2 Å². The molecule has 1 fully saturated rings. The van der Waals surface area contributed by atoms with Crippen molar-refractivity contribution in [3.63, 3.8) is 0 Å². The molecule has 1 saturated heterocycles. The Morgan fingerprint density at radius 2 is 2.31 bits per heavy atom. The Morgan fingerprint density at radius 1 is 1.69 bits per heavy atom. The number of nitrogens with zero attached hydrogens (tertiary/aromatic N) is 1. The maximum absolute atomic E-state index is 11.2. The van der Waals surface area contributed by atoms with Crippen molar-refractivity contribution >= 4 is 11.9 Å². The summed E-state index contributed by atoms with van der Waals surface area (Å²) in [5.41, 5.74) is 0. The number of hydrogen-bond donors (Lipinski definition) is 2. The summed E-state index contributed by atoms with van der Waals surface area (Å²) in [4.78, 5) is 12.8. The maximum atomic E-state index is 11.2. The highest BCUT2D eigenvalue weighted by Crippen LogP contribution is 2.19. The lowest BCUT2D eigenvalue weighted by molar-refractivity contribution is 0.206. The summed E-state index contributed by atoms with van der Waals surface area (Å²) in [5.74, 6) is 0.704. The van der Waals surface area contributed by atoms with Gasteiger partial charge in [-0.1, -0.05) is 20.3 Å². The van der Waals surface area contributed by atoms with Crippen molar-refractivity contribution in [2.24, 2.45) is 5.92 Å². The van der Waals surface area contributed by atoms with Gasteiger partial charge in [-0.25, -0.2) is 4.79 Å². The predicted molar refractivity (Wildman–Crippen MR) is 51.9 cm³/mol. The largest absolute Gasteiger partial charge is 0.323 e. The minimum Gasteiger partial charge on any atom is -0.317 e. The van der Waals surface area contributed by atoms with E-state index in [-0.39, 0.29) is 12.1 Å². The van der Waals surface area contributed by atoms with Crippen LogP contribution in [0.25, 0.3) is 0 Å². The van der Waals surface area contributed by atoms with E-state index in [1.165, 1.54) is 0 Å². The van der Waals surface area contributed by atoms with E-state index in [1.807, 2.05) is 0 Å². The van der Waals surface area contributed by atoms with E-state index in [4.69, 9.17) is 5.41 Å². The van der Waals surface area contributed by atoms with E-state index in [1.54, 1.807) is 11.9 Å². The fraction of sp³-hybridized carbons (Fsp3) is 0.778. The number of likely N-dealkylation sites (N-methyl/N-ethyl adjacent to an activating group) is 1. The molecule has 0 bridgehead atoms. The van der Waals surface area contributed by atoms with Crippen molar-refractivity contribution < 1.29 is 4.79 Å². The molecule has 2 unspecified atom stereocenters. The van der Waals surface area contributed by atoms with Crippen LogP contribution in [0.15, 0.2) is 0 Å². The van der Waals surface area contributed by atoms with E-state index in [2.05, 4.69) is 19.2 Å². The molecule has 2 atom stereocenters. The second kappa shape index (κ2) is 3.77. The van der Waals surface area contributed by atoms with Gasteiger partial charge in [0, 0.05) is 7.05 Å². The van der Waals surface area contributed by atoms with Gasteiger partial charge >= 0.3 is 6.03 Å². The number of rotatable bonds is 3. The molecule has 0 radical (unpaired) electrons. The third-order valence-corrected chi connectivity index (χ3v) is 2.56. The van der Waals surface area contributed by atoms with E-state index in [9.17, 15) is 4.79 Å². The van der Waals surface area contributed by atoms with E-state index in [0.717, 1.165) is 12.8 Å². The molecule has 0 spiro atoms. The van der Waals surface area contributed by atoms with Gasteiger partial charge in [0.05, 0.1) is 6.04 Å². The zero-order valence-electron chi connectivity index (χ0n) is 8.42. The van der Waals surface area contributed by atoms with Gasteiger partial charge in [-0.05, 0) is 12.3 Å². The molecule has 4 nitrogen and oxygen atoms in total. The summed E-state index contributed by atoms with van der Waals surface area (Å²) >= 11 is 0. The molecule has 1 aliphatic heterocycles. The number of urea groups is 1. The van der Waals surface area contributed by atoms with Crippen LogP contribution in [0.1, 0.15) is 26.7 Å². The number of amides is 2. The standard InChI is InChI=1S/C9H17N3O/c1-4-5-6(2)7-8(10)11-9(13)12(7)3/h6-7H,4-5H2,1-3H3,(H2,10,11,13). The number of carbonyl (C=O) groups is 1. The van der Waals surface area contributed by atoms with Crippen LogP contribution < -0.4 is 5.32 Å². The van der Waals surface area contributed by atoms with Crippen LogP contribution in [0.4, 0.5) is 4.79 Å². The highest BCUT2D eigenvalue weighted by atomic mass is 16.2. The lowest BCUT2D eigenvalue weighted by Gasteiger charge is -2.23. The Balaban J connectivity index is 2.67. The Kier molecular flexibility index (Phi) is 2.90. The molecule has 0 aliphatic carbocycles. The van der Waals surface area contributed by atoms with E-state index in [0.29, 0.717) is 11.8 Å². The van der Waals surface area contributed by atoms with E-state index >= 15 is 0 Å². The first-order valence-corrected chi connectivity index (χ1v) is 4.70. The summed E-state index contributed by atoms with van der Waals surface area (Å²) in [6.07, 6.45) is 2.14. The molecule has 1 rings (SSSR count). The highest BCUT2D eigenvalue weighted by Gasteiger charge is 2.35. The van der Waals surface area contributed by atoms with Crippen LogP contribution in [0.2, 0.25) is 0 Å². The Bertz CT molecular complexity index is 227. The molecular weight excluding hydrogens is 166 g/mol. The molecule has 13 heavy (non-hydrogen) atoms. The van der Waals surface area contributed by atoms with Crippen molar-refractivity contribution in [1.29, 1.82) is 5.41 Å². The van der Waals surface area contributed by atoms with Gasteiger partial charge in [0.25, 0.3) is 0 Å². The van der Waals surface area contributed by atoms with Gasteiger partial charge in [-0.2, -0.15) is 0 Å². The van der Waals surface area contributed by atoms with Crippen LogP contribution in [0.5, 0.6) is 0 Å². The summed E-state index contributed by atoms with van der Waals surface area (Å²) in [7, 11) is 1.74. The molecule has 0 saturated carbocycles. The smallest absolute Gasteiger partial charge is 0.317 e. The zero-order valence-corrected chi connectivity index (χ0v) is 8.42. The average Bonchev–Trinajstić information content (AvgIpc) is 2.27. The van der Waals surface area contributed by atoms with E-state index < -0.39 is 0 Å². The first-order valence-electron chi connectivity index (χ1n) is 4.70. The van der Waals surface area contributed by atoms with Crippen LogP contribution >= 0.6 is 0 Å². The molecule has 2 amide bonds. The van der Waals surface area contributed by atoms with Crippen LogP contribution in [0.3, 0.4) is 0 Å². The first-order chi connectivity index (χ1) is 6.07. The SMILES string of the molecule is CCCC(C)C1C(=N)NC(=O)N1C. The number of amidine groups is 1. The number of nitrogens with one attached hydrogen (secondary N) is 2. The molecule has 2 N–H and O–H groups in total. The number of hydrogen-bond acceptors (Lipinski definition) is 2. The molecular formula is C9H17N3O. The molecule has 1 aliphatic rings. The lowest BCUT2D eigenvalue weighted by atomic mass is 9.96. The van der Waals surface area contributed by atoms with Gasteiger partial charge < -0.3 is 4.90 Å². The second-order valence-electron chi connectivity index (χ2n) is 3.67. The van der Waals surface area contributed by atoms with Crippen molar-refractivity contribution in [2.75, 3.05) is 7.05 Å². The molecule has 0 aromatic carbocycles. The lowest BCUT2D eigenvalue weighted by Crippen LogP contribution is -2.36. The summed E-state index contributed by atoms with van der Waals surface area (Å²) in [5, 5.41) is 10.1. The highest BCUT2D eigenvalue weighted by molar-refractivity contribution is 6.05. The molecule has 0 aromatic rings. The Morgan fingerprint density at radius 3 is 2.69 bits per heavy atom. The van der Waals surface area contributed by atoms with Crippen molar-refractivity contribution in [3.05, 3.63) is 0 Å². The summed E-state index contributed by atoms with van der Waals surface area (Å²) < 4.78 is 0. The van der Waals surface area contributed by atoms with Gasteiger partial charge in [0.1, 0.15) is 5.84 Å². The molecule has 1 heterocycles. The minimum atomic E-state index is -0.155. The third-order valence-electron chi connectivity index (χ3n) is 2.56. The third kappa shape index (κ3) is 1.82. The zero-order chi connectivity index (χ0) is 10.0. The van der Waals surface area contributed by atoms with Crippen LogP contribution in [-0.4, -0.2) is 29.9 Å². The summed E-state index contributed by atoms with van der Waals surface area (Å²) in [6, 6.07) is -0.203. The maximum Gasteiger partial charge on any atom is 0.323 e. The quantitative estimate of drug-likeness (QED) is 0.683. The van der Waals surface area contributed by atoms with Gasteiger partial charge in [-0.15, -0.1) is 0 Å². The van der Waals surface area contributed by atoms with Crippen molar-refractivity contribution in [3.8, 4) is 0 Å². The van der Waals surface area contributed by atoms with Gasteiger partial charge in [-0.3, -0.25) is 10.7 Å². The summed E-state index contributed by atoms with van der Waals surface area (Å²) in [6.45, 7) is 4.20. The fourth-order valence-electron chi connectivity index (χ4n) is 1.88. The predicted octanol–water partition coefficient (Wildman–Crippen LogP) is 1.42. The second-order valence-corrected chi connectivity index (χ2v) is 3.67. The Labute approximate surface area is 78.8 Å². The fourth-order valence-corrected chi connectivity index (χ4v) is 1.88. The average molecular weight is 183 g/mol. The normalized spacial score (nSPS) is 24.8. The number of carbonyl (C=O) groups excluding carboxylic acids is 1. The van der Waals surface area contributed by atoms with Gasteiger partial charge in [0.2, 0.25) is 0 Å². The monoisotopic (exact) mass is 183 g/mol. The van der Waals surface area contributed by atoms with Crippen LogP contribution in [-0.2, 0) is 0 Å². The van der Waals surface area contributed by atoms with Gasteiger partial charge in [0.15, 0.2) is 0 Å².